The lowest BCUT2D eigenvalue weighted by Crippen LogP contribution is -2.29. The third-order valence-corrected chi connectivity index (χ3v) is 4.52. The number of rotatable bonds is 6. The maximum atomic E-state index is 13.2. The van der Waals surface area contributed by atoms with Crippen LogP contribution in [0, 0.1) is 17.1 Å². The Hall–Kier alpha value is -1.49. The largest absolute Gasteiger partial charge is 0.320 e. The minimum atomic E-state index is -3.68. The first kappa shape index (κ1) is 15.6. The van der Waals surface area contributed by atoms with Crippen LogP contribution in [0.15, 0.2) is 23.1 Å². The predicted molar refractivity (Wildman–Crippen MR) is 69.5 cm³/mol. The van der Waals surface area contributed by atoms with E-state index in [0.717, 1.165) is 12.1 Å². The van der Waals surface area contributed by atoms with Crippen molar-refractivity contribution in [2.75, 3.05) is 27.2 Å². The van der Waals surface area contributed by atoms with Gasteiger partial charge in [-0.3, -0.25) is 0 Å². The van der Waals surface area contributed by atoms with Gasteiger partial charge in [-0.05, 0) is 38.2 Å². The first-order chi connectivity index (χ1) is 8.93. The summed E-state index contributed by atoms with van der Waals surface area (Å²) in [6.45, 7) is 1.05. The Morgan fingerprint density at radius 1 is 1.47 bits per heavy atom. The molecule has 0 aromatic heterocycles. The molecule has 19 heavy (non-hydrogen) atoms. The molecule has 0 bridgehead atoms. The molecule has 0 aliphatic rings. The summed E-state index contributed by atoms with van der Waals surface area (Å²) in [5, 5.41) is 11.6. The van der Waals surface area contributed by atoms with E-state index in [2.05, 4.69) is 5.32 Å². The van der Waals surface area contributed by atoms with Crippen LogP contribution >= 0.6 is 0 Å². The third-order valence-electron chi connectivity index (χ3n) is 2.67. The lowest BCUT2D eigenvalue weighted by Gasteiger charge is -2.17. The van der Waals surface area contributed by atoms with Gasteiger partial charge >= 0.3 is 0 Å². The second kappa shape index (κ2) is 6.61. The van der Waals surface area contributed by atoms with Gasteiger partial charge < -0.3 is 5.32 Å². The molecule has 5 nitrogen and oxygen atoms in total. The van der Waals surface area contributed by atoms with Gasteiger partial charge in [0.2, 0.25) is 10.0 Å². The van der Waals surface area contributed by atoms with Crippen LogP contribution in [0.4, 0.5) is 4.39 Å². The van der Waals surface area contributed by atoms with Crippen molar-refractivity contribution >= 4 is 10.0 Å². The monoisotopic (exact) mass is 285 g/mol. The van der Waals surface area contributed by atoms with Crippen molar-refractivity contribution in [1.29, 1.82) is 5.26 Å². The summed E-state index contributed by atoms with van der Waals surface area (Å²) in [6.07, 6.45) is 0.665. The smallest absolute Gasteiger partial charge is 0.242 e. The fourth-order valence-electron chi connectivity index (χ4n) is 1.53. The number of halogens is 1. The minimum absolute atomic E-state index is 0.0718. The molecular weight excluding hydrogens is 269 g/mol. The van der Waals surface area contributed by atoms with Crippen LogP contribution in [-0.4, -0.2) is 39.9 Å². The van der Waals surface area contributed by atoms with Crippen LogP contribution in [0.5, 0.6) is 0 Å². The molecule has 0 heterocycles. The highest BCUT2D eigenvalue weighted by molar-refractivity contribution is 7.89. The predicted octanol–water partition coefficient (Wildman–Crippen LogP) is 0.927. The van der Waals surface area contributed by atoms with Gasteiger partial charge in [-0.15, -0.1) is 0 Å². The highest BCUT2D eigenvalue weighted by Crippen LogP contribution is 2.18. The first-order valence-electron chi connectivity index (χ1n) is 5.74. The molecular formula is C12H16FN3O2S. The summed E-state index contributed by atoms with van der Waals surface area (Å²) in [5.74, 6) is -0.723. The van der Waals surface area contributed by atoms with E-state index in [1.807, 2.05) is 0 Å². The maximum absolute atomic E-state index is 13.2. The molecule has 1 aromatic rings. The molecule has 0 radical (unpaired) electrons. The fourth-order valence-corrected chi connectivity index (χ4v) is 2.77. The van der Waals surface area contributed by atoms with Gasteiger partial charge in [0.05, 0.1) is 10.5 Å². The van der Waals surface area contributed by atoms with E-state index in [1.54, 1.807) is 13.1 Å². The second-order valence-electron chi connectivity index (χ2n) is 4.04. The molecule has 0 aliphatic heterocycles. The molecule has 1 aromatic carbocycles. The van der Waals surface area contributed by atoms with E-state index in [0.29, 0.717) is 19.5 Å². The fraction of sp³-hybridized carbons (Fsp3) is 0.417. The van der Waals surface area contributed by atoms with E-state index in [-0.39, 0.29) is 10.5 Å². The average molecular weight is 285 g/mol. The van der Waals surface area contributed by atoms with Crippen molar-refractivity contribution in [3.05, 3.63) is 29.6 Å². The Kier molecular flexibility index (Phi) is 5.42. The van der Waals surface area contributed by atoms with Crippen molar-refractivity contribution in [3.8, 4) is 6.07 Å². The Bertz CT molecular complexity index is 581. The summed E-state index contributed by atoms with van der Waals surface area (Å²) in [4.78, 5) is -0.0718. The molecule has 0 unspecified atom stereocenters. The minimum Gasteiger partial charge on any atom is -0.320 e. The zero-order chi connectivity index (χ0) is 14.5. The normalized spacial score (nSPS) is 11.5. The summed E-state index contributed by atoms with van der Waals surface area (Å²) in [7, 11) is -0.437. The number of hydrogen-bond acceptors (Lipinski definition) is 4. The van der Waals surface area contributed by atoms with Gasteiger partial charge in [0.1, 0.15) is 11.9 Å². The molecule has 0 spiro atoms. The molecule has 7 heteroatoms. The van der Waals surface area contributed by atoms with Crippen molar-refractivity contribution in [1.82, 2.24) is 9.62 Å². The molecule has 0 saturated heterocycles. The summed E-state index contributed by atoms with van der Waals surface area (Å²) in [6, 6.07) is 4.85. The molecule has 0 fully saturated rings. The van der Waals surface area contributed by atoms with Crippen LogP contribution in [-0.2, 0) is 10.0 Å². The van der Waals surface area contributed by atoms with Crippen molar-refractivity contribution in [2.24, 2.45) is 0 Å². The molecule has 0 aliphatic carbocycles. The van der Waals surface area contributed by atoms with Crippen molar-refractivity contribution < 1.29 is 12.8 Å². The molecule has 0 atom stereocenters. The number of nitrogens with zero attached hydrogens (tertiary/aromatic N) is 2. The number of nitrogens with one attached hydrogen (secondary N) is 1. The van der Waals surface area contributed by atoms with Gasteiger partial charge in [0.15, 0.2) is 0 Å². The summed E-state index contributed by atoms with van der Waals surface area (Å²) in [5.41, 5.74) is -0.273. The van der Waals surface area contributed by atoms with Crippen LogP contribution in [0.1, 0.15) is 12.0 Å². The van der Waals surface area contributed by atoms with Gasteiger partial charge in [-0.2, -0.15) is 5.26 Å². The third kappa shape index (κ3) is 3.73. The Labute approximate surface area is 112 Å². The highest BCUT2D eigenvalue weighted by Gasteiger charge is 2.21. The molecule has 1 N–H and O–H groups in total. The van der Waals surface area contributed by atoms with Gasteiger partial charge in [-0.25, -0.2) is 17.1 Å². The van der Waals surface area contributed by atoms with Crippen LogP contribution in [0.3, 0.4) is 0 Å². The lowest BCUT2D eigenvalue weighted by atomic mass is 10.2. The topological polar surface area (TPSA) is 73.2 Å². The summed E-state index contributed by atoms with van der Waals surface area (Å²) >= 11 is 0. The molecule has 104 valence electrons. The van der Waals surface area contributed by atoms with E-state index in [9.17, 15) is 12.8 Å². The van der Waals surface area contributed by atoms with Gasteiger partial charge in [0.25, 0.3) is 0 Å². The summed E-state index contributed by atoms with van der Waals surface area (Å²) < 4.78 is 38.7. The van der Waals surface area contributed by atoms with Crippen LogP contribution < -0.4 is 5.32 Å². The number of nitriles is 1. The van der Waals surface area contributed by atoms with Crippen molar-refractivity contribution in [3.63, 3.8) is 0 Å². The quantitative estimate of drug-likeness (QED) is 0.789. The van der Waals surface area contributed by atoms with Crippen molar-refractivity contribution in [2.45, 2.75) is 11.3 Å². The molecule has 0 amide bonds. The SMILES string of the molecule is CNCCCN(C)S(=O)(=O)c1ccc(F)c(C#N)c1. The average Bonchev–Trinajstić information content (AvgIpc) is 2.39. The number of hydrogen-bond donors (Lipinski definition) is 1. The second-order valence-corrected chi connectivity index (χ2v) is 6.08. The van der Waals surface area contributed by atoms with E-state index in [1.165, 1.54) is 17.4 Å². The van der Waals surface area contributed by atoms with E-state index < -0.39 is 15.8 Å². The Balaban J connectivity index is 2.97. The standard InChI is InChI=1S/C12H16FN3O2S/c1-15-6-3-7-16(2)19(17,18)11-4-5-12(13)10(8-11)9-14/h4-5,8,15H,3,6-7H2,1-2H3. The number of sulfonamides is 1. The van der Waals surface area contributed by atoms with Gasteiger partial charge in [0, 0.05) is 13.6 Å². The maximum Gasteiger partial charge on any atom is 0.242 e. The number of benzene rings is 1. The zero-order valence-electron chi connectivity index (χ0n) is 10.9. The first-order valence-corrected chi connectivity index (χ1v) is 7.18. The molecule has 0 saturated carbocycles. The van der Waals surface area contributed by atoms with Crippen LogP contribution in [0.2, 0.25) is 0 Å². The highest BCUT2D eigenvalue weighted by atomic mass is 32.2. The van der Waals surface area contributed by atoms with Crippen LogP contribution in [0.25, 0.3) is 0 Å². The zero-order valence-corrected chi connectivity index (χ0v) is 11.7. The Morgan fingerprint density at radius 3 is 2.74 bits per heavy atom. The Morgan fingerprint density at radius 2 is 2.16 bits per heavy atom. The van der Waals surface area contributed by atoms with E-state index in [4.69, 9.17) is 5.26 Å². The van der Waals surface area contributed by atoms with E-state index >= 15 is 0 Å². The molecule has 1 rings (SSSR count). The van der Waals surface area contributed by atoms with Gasteiger partial charge in [-0.1, -0.05) is 0 Å². The lowest BCUT2D eigenvalue weighted by molar-refractivity contribution is 0.458.